The fourth-order valence-corrected chi connectivity index (χ4v) is 7.02. The molecule has 2 amide bonds. The van der Waals surface area contributed by atoms with Crippen LogP contribution in [0.2, 0.25) is 0 Å². The van der Waals surface area contributed by atoms with Crippen LogP contribution in [0.15, 0.2) is 121 Å². The number of amides is 2. The minimum Gasteiger partial charge on any atom is -0.489 e. The van der Waals surface area contributed by atoms with Crippen molar-refractivity contribution in [2.45, 2.75) is 45.3 Å². The molecule has 0 unspecified atom stereocenters. The van der Waals surface area contributed by atoms with E-state index >= 15 is 0 Å². The number of alkyl carbamates (subject to hydrolysis) is 1. The molecule has 5 aromatic carbocycles. The predicted molar refractivity (Wildman–Crippen MR) is 215 cm³/mol. The van der Waals surface area contributed by atoms with Crippen LogP contribution in [0.4, 0.5) is 16.2 Å². The van der Waals surface area contributed by atoms with Crippen LogP contribution in [-0.4, -0.2) is 36.7 Å². The maximum atomic E-state index is 13.3. The normalized spacial score (nSPS) is 11.9. The molecule has 0 bridgehead atoms. The molecule has 9 heteroatoms. The van der Waals surface area contributed by atoms with Crippen LogP contribution in [0.3, 0.4) is 0 Å². The van der Waals surface area contributed by atoms with Crippen LogP contribution in [0.1, 0.15) is 63.5 Å². The molecule has 274 valence electrons. The zero-order valence-corrected chi connectivity index (χ0v) is 30.4. The van der Waals surface area contributed by atoms with Crippen molar-refractivity contribution in [3.05, 3.63) is 155 Å². The van der Waals surface area contributed by atoms with Crippen LogP contribution in [0.25, 0.3) is 22.0 Å². The van der Waals surface area contributed by atoms with Crippen molar-refractivity contribution in [1.29, 1.82) is 0 Å². The number of unbranched alkanes of at least 4 members (excludes halogenated alkanes) is 2. The maximum Gasteiger partial charge on any atom is 0.407 e. The Bertz CT molecular complexity index is 2210. The molecule has 5 N–H and O–H groups in total. The number of hydrogen-bond donors (Lipinski definition) is 4. The van der Waals surface area contributed by atoms with Gasteiger partial charge in [-0.3, -0.25) is 9.78 Å². The van der Waals surface area contributed by atoms with Gasteiger partial charge in [-0.15, -0.1) is 0 Å². The van der Waals surface area contributed by atoms with Crippen molar-refractivity contribution < 1.29 is 19.1 Å². The lowest BCUT2D eigenvalue weighted by Crippen LogP contribution is -2.27. The van der Waals surface area contributed by atoms with Crippen molar-refractivity contribution in [1.82, 2.24) is 15.6 Å². The Labute approximate surface area is 315 Å². The van der Waals surface area contributed by atoms with E-state index in [2.05, 4.69) is 45.2 Å². The van der Waals surface area contributed by atoms with Crippen molar-refractivity contribution in [3.63, 3.8) is 0 Å². The first-order valence-corrected chi connectivity index (χ1v) is 18.5. The van der Waals surface area contributed by atoms with Crippen LogP contribution >= 0.6 is 0 Å². The van der Waals surface area contributed by atoms with Gasteiger partial charge < -0.3 is 31.2 Å². The number of ether oxygens (including phenoxy) is 2. The molecular weight excluding hydrogens is 675 g/mol. The molecule has 1 aliphatic rings. The number of nitrogens with zero attached hydrogens (tertiary/aromatic N) is 1. The summed E-state index contributed by atoms with van der Waals surface area (Å²) in [4.78, 5) is 30.2. The molecule has 6 aromatic rings. The highest BCUT2D eigenvalue weighted by molar-refractivity contribution is 6.06. The van der Waals surface area contributed by atoms with Crippen molar-refractivity contribution in [3.8, 4) is 16.9 Å². The number of aryl methyl sites for hydroxylation is 1. The first-order chi connectivity index (χ1) is 26.4. The second-order valence-electron chi connectivity index (χ2n) is 13.6. The molecule has 9 nitrogen and oxygen atoms in total. The lowest BCUT2D eigenvalue weighted by molar-refractivity contribution is 0.102. The number of hydrogen-bond acceptors (Lipinski definition) is 7. The van der Waals surface area contributed by atoms with Gasteiger partial charge >= 0.3 is 6.09 Å². The first kappa shape index (κ1) is 36.2. The number of aromatic nitrogens is 1. The maximum absolute atomic E-state index is 13.3. The SMILES string of the molecule is Cc1cc(N)c2cc(NC(=O)c3ccccc3COc3ccc(CNCCCCCNC(=O)OCC4c5ccccc5-c5ccccc54)cc3)ccc2n1. The number of pyridine rings is 1. The highest BCUT2D eigenvalue weighted by Gasteiger charge is 2.29. The van der Waals surface area contributed by atoms with E-state index in [0.717, 1.165) is 65.8 Å². The minimum absolute atomic E-state index is 0.0624. The van der Waals surface area contributed by atoms with Gasteiger partial charge in [0.25, 0.3) is 5.91 Å². The average Bonchev–Trinajstić information content (AvgIpc) is 3.51. The molecule has 0 saturated carbocycles. The fourth-order valence-electron chi connectivity index (χ4n) is 7.02. The fraction of sp³-hybridized carbons (Fsp3) is 0.222. The van der Waals surface area contributed by atoms with Gasteiger partial charge in [0.15, 0.2) is 0 Å². The Kier molecular flexibility index (Phi) is 11.5. The van der Waals surface area contributed by atoms with E-state index in [4.69, 9.17) is 15.2 Å². The number of nitrogens with two attached hydrogens (primary N) is 1. The van der Waals surface area contributed by atoms with E-state index < -0.39 is 0 Å². The van der Waals surface area contributed by atoms with Crippen LogP contribution in [0.5, 0.6) is 5.75 Å². The summed E-state index contributed by atoms with van der Waals surface area (Å²) in [6, 6.07) is 39.5. The zero-order valence-electron chi connectivity index (χ0n) is 30.4. The lowest BCUT2D eigenvalue weighted by Gasteiger charge is -2.14. The van der Waals surface area contributed by atoms with Crippen LogP contribution < -0.4 is 26.4 Å². The van der Waals surface area contributed by atoms with Gasteiger partial charge in [-0.25, -0.2) is 4.79 Å². The Hall–Kier alpha value is -6.19. The predicted octanol–water partition coefficient (Wildman–Crippen LogP) is 8.76. The molecule has 0 saturated heterocycles. The highest BCUT2D eigenvalue weighted by atomic mass is 16.5. The monoisotopic (exact) mass is 719 g/mol. The first-order valence-electron chi connectivity index (χ1n) is 18.5. The Morgan fingerprint density at radius 3 is 2.26 bits per heavy atom. The zero-order chi connectivity index (χ0) is 37.3. The summed E-state index contributed by atoms with van der Waals surface area (Å²) < 4.78 is 11.7. The summed E-state index contributed by atoms with van der Waals surface area (Å²) in [6.07, 6.45) is 2.52. The second kappa shape index (κ2) is 17.1. The molecule has 54 heavy (non-hydrogen) atoms. The number of benzene rings is 5. The van der Waals surface area contributed by atoms with Gasteiger partial charge in [0, 0.05) is 52.6 Å². The van der Waals surface area contributed by atoms with E-state index in [9.17, 15) is 9.59 Å². The van der Waals surface area contributed by atoms with E-state index in [0.29, 0.717) is 30.1 Å². The molecular formula is C45H45N5O4. The molecule has 0 spiro atoms. The van der Waals surface area contributed by atoms with Gasteiger partial charge in [-0.2, -0.15) is 0 Å². The van der Waals surface area contributed by atoms with Gasteiger partial charge in [-0.1, -0.05) is 85.3 Å². The third-order valence-electron chi connectivity index (χ3n) is 9.78. The Morgan fingerprint density at radius 2 is 1.48 bits per heavy atom. The number of anilines is 2. The van der Waals surface area contributed by atoms with Gasteiger partial charge in [0.05, 0.1) is 5.52 Å². The van der Waals surface area contributed by atoms with Gasteiger partial charge in [0.1, 0.15) is 19.0 Å². The van der Waals surface area contributed by atoms with E-state index in [1.807, 2.05) is 97.9 Å². The number of fused-ring (bicyclic) bond motifs is 4. The minimum atomic E-state index is -0.367. The molecule has 1 aliphatic carbocycles. The van der Waals surface area contributed by atoms with Crippen molar-refractivity contribution in [2.75, 3.05) is 30.7 Å². The van der Waals surface area contributed by atoms with E-state index in [1.54, 1.807) is 6.07 Å². The summed E-state index contributed by atoms with van der Waals surface area (Å²) in [5, 5.41) is 10.2. The lowest BCUT2D eigenvalue weighted by atomic mass is 9.98. The molecule has 0 fully saturated rings. The van der Waals surface area contributed by atoms with Crippen molar-refractivity contribution >= 4 is 34.3 Å². The molecule has 0 atom stereocenters. The molecule has 1 aromatic heterocycles. The molecule has 0 radical (unpaired) electrons. The second-order valence-corrected chi connectivity index (χ2v) is 13.6. The average molecular weight is 720 g/mol. The number of rotatable bonds is 15. The van der Waals surface area contributed by atoms with Gasteiger partial charge in [-0.05, 0) is 96.6 Å². The third kappa shape index (κ3) is 8.70. The van der Waals surface area contributed by atoms with Crippen LogP contribution in [-0.2, 0) is 17.9 Å². The topological polar surface area (TPSA) is 128 Å². The van der Waals surface area contributed by atoms with Gasteiger partial charge in [0.2, 0.25) is 0 Å². The molecule has 1 heterocycles. The Balaban J connectivity index is 0.782. The van der Waals surface area contributed by atoms with E-state index in [1.165, 1.54) is 22.3 Å². The molecule has 7 rings (SSSR count). The summed E-state index contributed by atoms with van der Waals surface area (Å²) in [5.41, 5.74) is 16.5. The number of nitrogen functional groups attached to an aromatic ring is 1. The van der Waals surface area contributed by atoms with Crippen molar-refractivity contribution in [2.24, 2.45) is 0 Å². The smallest absolute Gasteiger partial charge is 0.407 e. The van der Waals surface area contributed by atoms with E-state index in [-0.39, 0.29) is 24.5 Å². The summed E-state index contributed by atoms with van der Waals surface area (Å²) in [5.74, 6) is 0.568. The quantitative estimate of drug-likeness (QED) is 0.0782. The largest absolute Gasteiger partial charge is 0.489 e. The third-order valence-corrected chi connectivity index (χ3v) is 9.78. The highest BCUT2D eigenvalue weighted by Crippen LogP contribution is 2.44. The number of carbonyl (C=O) groups excluding carboxylic acids is 2. The number of nitrogens with one attached hydrogen (secondary N) is 3. The summed E-state index contributed by atoms with van der Waals surface area (Å²) in [7, 11) is 0. The summed E-state index contributed by atoms with van der Waals surface area (Å²) >= 11 is 0. The summed E-state index contributed by atoms with van der Waals surface area (Å²) in [6.45, 7) is 4.70. The Morgan fingerprint density at radius 1 is 0.778 bits per heavy atom. The number of carbonyl (C=O) groups is 2. The molecule has 0 aliphatic heterocycles. The van der Waals surface area contributed by atoms with Crippen LogP contribution in [0, 0.1) is 6.92 Å². The standard InChI is InChI=1S/C45H45N5O4/c1-30-25-42(46)40-26-33(19-22-43(40)49-30)50-44(51)35-12-4-3-11-32(35)28-53-34-20-17-31(18-21-34)27-47-23-9-2-10-24-48-45(52)54-29-41-38-15-7-5-13-36(38)37-14-6-8-16-39(37)41/h3-8,11-22,25-26,41,47H,2,9-10,23-24,27-29H2,1H3,(H2,46,49)(H,48,52)(H,50,51).